The maximum absolute atomic E-state index is 13.7. The number of hydrogen-bond donors (Lipinski definition) is 1. The molecule has 5 rings (SSSR count). The highest BCUT2D eigenvalue weighted by molar-refractivity contribution is 5.97. The van der Waals surface area contributed by atoms with Crippen LogP contribution in [0.2, 0.25) is 0 Å². The molecule has 0 bridgehead atoms. The molecule has 1 saturated heterocycles. The maximum Gasteiger partial charge on any atom is 0.335 e. The minimum atomic E-state index is -0.925. The Morgan fingerprint density at radius 2 is 1.70 bits per heavy atom. The molecule has 1 saturated carbocycles. The second-order valence-corrected chi connectivity index (χ2v) is 10.4. The Kier molecular flexibility index (Phi) is 8.24. The number of carbonyl (C=O) groups is 2. The van der Waals surface area contributed by atoms with Crippen molar-refractivity contribution < 1.29 is 19.4 Å². The minimum Gasteiger partial charge on any atom is -0.478 e. The zero-order valence-electron chi connectivity index (χ0n) is 21.7. The zero-order chi connectivity index (χ0) is 25.6. The number of benzene rings is 1. The van der Waals surface area contributed by atoms with Crippen LogP contribution in [0.15, 0.2) is 54.2 Å². The molecule has 6 heteroatoms. The number of hydrogen-bond acceptors (Lipinski definition) is 3. The summed E-state index contributed by atoms with van der Waals surface area (Å²) in [5.74, 6) is -0.397. The molecule has 1 aliphatic carbocycles. The number of carboxylic acids is 1. The third-order valence-corrected chi connectivity index (χ3v) is 8.02. The van der Waals surface area contributed by atoms with Crippen molar-refractivity contribution in [3.63, 3.8) is 0 Å². The van der Waals surface area contributed by atoms with Crippen LogP contribution in [0.3, 0.4) is 0 Å². The summed E-state index contributed by atoms with van der Waals surface area (Å²) in [6, 6.07) is 5.55. The first kappa shape index (κ1) is 25.5. The van der Waals surface area contributed by atoms with Crippen LogP contribution < -0.4 is 0 Å². The molecular formula is C31H38N2O4. The van der Waals surface area contributed by atoms with Gasteiger partial charge in [0.2, 0.25) is 0 Å². The van der Waals surface area contributed by atoms with Crippen LogP contribution in [0.25, 0.3) is 10.9 Å². The lowest BCUT2D eigenvalue weighted by molar-refractivity contribution is -0.131. The molecule has 0 unspecified atom stereocenters. The monoisotopic (exact) mass is 502 g/mol. The highest BCUT2D eigenvalue weighted by Gasteiger charge is 2.28. The van der Waals surface area contributed by atoms with Gasteiger partial charge in [-0.3, -0.25) is 4.79 Å². The predicted molar refractivity (Wildman–Crippen MR) is 146 cm³/mol. The van der Waals surface area contributed by atoms with Gasteiger partial charge in [-0.2, -0.15) is 0 Å². The number of morpholine rings is 1. The second-order valence-electron chi connectivity index (χ2n) is 10.4. The fourth-order valence-corrected chi connectivity index (χ4v) is 6.10. The number of fused-ring (bicyclic) bond motifs is 3. The van der Waals surface area contributed by atoms with Gasteiger partial charge in [0.1, 0.15) is 0 Å². The van der Waals surface area contributed by atoms with Crippen LogP contribution in [0.1, 0.15) is 78.9 Å². The van der Waals surface area contributed by atoms with E-state index in [9.17, 15) is 14.7 Å². The number of allylic oxidation sites excluding steroid dienone is 5. The standard InChI is InChI=1S/C31H38N2O4/c34-30(32-17-19-37-20-18-32)25-13-7-4-2-1-3-5-10-14-27-29(23-11-8-6-9-12-23)26-16-15-24(31(35)36)21-28(26)33(27)22-25/h2,4-5,10,13,15-16,21,23H,1,3,6-9,11-12,14,17-20,22H2,(H,35,36)/b4-2-,10-5-,25-13+. The molecule has 2 aliphatic heterocycles. The van der Waals surface area contributed by atoms with Gasteiger partial charge in [-0.1, -0.05) is 55.7 Å². The van der Waals surface area contributed by atoms with Crippen LogP contribution in [0, 0.1) is 0 Å². The highest BCUT2D eigenvalue weighted by Crippen LogP contribution is 2.41. The Labute approximate surface area is 219 Å². The van der Waals surface area contributed by atoms with Gasteiger partial charge in [-0.15, -0.1) is 0 Å². The van der Waals surface area contributed by atoms with Gasteiger partial charge in [-0.05, 0) is 55.7 Å². The Morgan fingerprint density at radius 1 is 0.946 bits per heavy atom. The molecule has 0 spiro atoms. The largest absolute Gasteiger partial charge is 0.478 e. The lowest BCUT2D eigenvalue weighted by Crippen LogP contribution is -2.42. The summed E-state index contributed by atoms with van der Waals surface area (Å²) in [7, 11) is 0. The van der Waals surface area contributed by atoms with Crippen molar-refractivity contribution in [3.8, 4) is 0 Å². The third kappa shape index (κ3) is 5.74. The minimum absolute atomic E-state index is 0.0588. The molecule has 37 heavy (non-hydrogen) atoms. The van der Waals surface area contributed by atoms with Crippen molar-refractivity contribution >= 4 is 22.8 Å². The van der Waals surface area contributed by atoms with E-state index in [4.69, 9.17) is 4.74 Å². The van der Waals surface area contributed by atoms with Gasteiger partial charge < -0.3 is 19.3 Å². The Balaban J connectivity index is 1.66. The molecule has 3 heterocycles. The summed E-state index contributed by atoms with van der Waals surface area (Å²) in [6.07, 6.45) is 20.4. The summed E-state index contributed by atoms with van der Waals surface area (Å²) < 4.78 is 7.74. The Morgan fingerprint density at radius 3 is 2.46 bits per heavy atom. The average Bonchev–Trinajstić information content (AvgIpc) is 3.24. The summed E-state index contributed by atoms with van der Waals surface area (Å²) in [5.41, 5.74) is 4.57. The summed E-state index contributed by atoms with van der Waals surface area (Å²) in [4.78, 5) is 27.6. The van der Waals surface area contributed by atoms with E-state index in [-0.39, 0.29) is 11.5 Å². The van der Waals surface area contributed by atoms with Crippen LogP contribution in [0.5, 0.6) is 0 Å². The Bertz CT molecular complexity index is 1220. The first-order valence-electron chi connectivity index (χ1n) is 13.9. The number of aromatic carboxylic acids is 1. The van der Waals surface area contributed by atoms with E-state index >= 15 is 0 Å². The van der Waals surface area contributed by atoms with Crippen LogP contribution in [0.4, 0.5) is 0 Å². The van der Waals surface area contributed by atoms with E-state index in [1.54, 1.807) is 6.07 Å². The molecule has 196 valence electrons. The van der Waals surface area contributed by atoms with Gasteiger partial charge in [0, 0.05) is 41.7 Å². The maximum atomic E-state index is 13.7. The smallest absolute Gasteiger partial charge is 0.335 e. The average molecular weight is 503 g/mol. The van der Waals surface area contributed by atoms with Gasteiger partial charge in [0.05, 0.1) is 25.3 Å². The van der Waals surface area contributed by atoms with E-state index in [1.165, 1.54) is 30.5 Å². The van der Waals surface area contributed by atoms with Crippen molar-refractivity contribution in [1.29, 1.82) is 0 Å². The Hall–Kier alpha value is -3.12. The van der Waals surface area contributed by atoms with E-state index in [0.717, 1.165) is 48.6 Å². The molecule has 2 fully saturated rings. The van der Waals surface area contributed by atoms with E-state index in [1.807, 2.05) is 17.0 Å². The zero-order valence-corrected chi connectivity index (χ0v) is 21.7. The van der Waals surface area contributed by atoms with Crippen LogP contribution in [-0.2, 0) is 22.5 Å². The molecule has 1 N–H and O–H groups in total. The second kappa shape index (κ2) is 12.0. The highest BCUT2D eigenvalue weighted by atomic mass is 16.5. The lowest BCUT2D eigenvalue weighted by Gasteiger charge is -2.28. The fraction of sp³-hybridized carbons (Fsp3) is 0.484. The van der Waals surface area contributed by atoms with Gasteiger partial charge in [0.15, 0.2) is 0 Å². The quantitative estimate of drug-likeness (QED) is 0.522. The number of amides is 1. The van der Waals surface area contributed by atoms with Crippen molar-refractivity contribution in [2.24, 2.45) is 0 Å². The summed E-state index contributed by atoms with van der Waals surface area (Å²) >= 11 is 0. The number of ether oxygens (including phenoxy) is 1. The van der Waals surface area contributed by atoms with E-state index in [2.05, 4.69) is 34.9 Å². The van der Waals surface area contributed by atoms with Crippen molar-refractivity contribution in [2.45, 2.75) is 70.3 Å². The lowest BCUT2D eigenvalue weighted by atomic mass is 9.82. The molecule has 1 aromatic heterocycles. The molecule has 2 aromatic rings. The SMILES string of the molecule is O=C(O)c1ccc2c(C3CCCCC3)c3n(c2c1)C/C(C(=O)N1CCOCC1)=C\C/C=C\CC/C=C\C3. The fourth-order valence-electron chi connectivity index (χ4n) is 6.10. The van der Waals surface area contributed by atoms with Crippen molar-refractivity contribution in [1.82, 2.24) is 9.47 Å². The molecule has 6 nitrogen and oxygen atoms in total. The number of rotatable bonds is 3. The first-order valence-corrected chi connectivity index (χ1v) is 13.9. The number of carbonyl (C=O) groups excluding carboxylic acids is 1. The first-order chi connectivity index (χ1) is 18.1. The van der Waals surface area contributed by atoms with E-state index < -0.39 is 5.97 Å². The summed E-state index contributed by atoms with van der Waals surface area (Å²) in [6.45, 7) is 2.78. The molecule has 1 amide bonds. The molecule has 0 radical (unpaired) electrons. The number of nitrogens with zero attached hydrogens (tertiary/aromatic N) is 2. The number of carboxylic acid groups (broad SMARTS) is 1. The van der Waals surface area contributed by atoms with E-state index in [0.29, 0.717) is 45.2 Å². The number of aromatic nitrogens is 1. The summed E-state index contributed by atoms with van der Waals surface area (Å²) in [5, 5.41) is 10.9. The van der Waals surface area contributed by atoms with Gasteiger partial charge >= 0.3 is 5.97 Å². The van der Waals surface area contributed by atoms with Gasteiger partial charge in [0.25, 0.3) is 5.91 Å². The molecule has 0 atom stereocenters. The van der Waals surface area contributed by atoms with Crippen molar-refractivity contribution in [3.05, 3.63) is 71.0 Å². The van der Waals surface area contributed by atoms with Crippen LogP contribution >= 0.6 is 0 Å². The topological polar surface area (TPSA) is 71.8 Å². The molecular weight excluding hydrogens is 464 g/mol. The van der Waals surface area contributed by atoms with Gasteiger partial charge in [-0.25, -0.2) is 4.79 Å². The van der Waals surface area contributed by atoms with Crippen molar-refractivity contribution in [2.75, 3.05) is 26.3 Å². The predicted octanol–water partition coefficient (Wildman–Crippen LogP) is 6.01. The normalized spacial score (nSPS) is 23.1. The third-order valence-electron chi connectivity index (χ3n) is 8.02. The van der Waals surface area contributed by atoms with Crippen LogP contribution in [-0.4, -0.2) is 52.8 Å². The molecule has 3 aliphatic rings. The molecule has 1 aromatic carbocycles.